The van der Waals surface area contributed by atoms with Gasteiger partial charge in [-0.15, -0.1) is 0 Å². The number of aliphatic carboxylic acids is 1. The van der Waals surface area contributed by atoms with Gasteiger partial charge in [-0.05, 0) is 37.5 Å². The van der Waals surface area contributed by atoms with Gasteiger partial charge in [-0.2, -0.15) is 0 Å². The minimum Gasteiger partial charge on any atom is -0.496 e. The highest BCUT2D eigenvalue weighted by molar-refractivity contribution is 9.10. The van der Waals surface area contributed by atoms with Crippen LogP contribution in [-0.2, 0) is 14.4 Å². The van der Waals surface area contributed by atoms with Crippen molar-refractivity contribution in [3.05, 3.63) is 28.2 Å². The van der Waals surface area contributed by atoms with Crippen molar-refractivity contribution in [1.29, 1.82) is 0 Å². The maximum Gasteiger partial charge on any atom is 0.324 e. The molecule has 4 atom stereocenters. The summed E-state index contributed by atoms with van der Waals surface area (Å²) < 4.78 is 6.22. The zero-order chi connectivity index (χ0) is 24.3. The molecule has 0 aliphatic carbocycles. The van der Waals surface area contributed by atoms with Crippen molar-refractivity contribution in [3.8, 4) is 5.75 Å². The first-order valence-corrected chi connectivity index (χ1v) is 11.7. The second kappa shape index (κ2) is 10.1. The zero-order valence-corrected chi connectivity index (χ0v) is 20.2. The van der Waals surface area contributed by atoms with E-state index in [2.05, 4.69) is 26.6 Å². The molecular formula is C22H29BrN4O6. The number of primary amides is 1. The third kappa shape index (κ3) is 4.56. The molecule has 10 nitrogen and oxygen atoms in total. The van der Waals surface area contributed by atoms with E-state index < -0.39 is 41.3 Å². The van der Waals surface area contributed by atoms with Crippen LogP contribution in [0.5, 0.6) is 5.75 Å². The van der Waals surface area contributed by atoms with Crippen LogP contribution in [0, 0.1) is 11.8 Å². The Bertz CT molecular complexity index is 957. The number of nitrogens with zero attached hydrogens (tertiary/aromatic N) is 1. The van der Waals surface area contributed by atoms with Gasteiger partial charge in [-0.25, -0.2) is 4.79 Å². The number of amides is 4. The van der Waals surface area contributed by atoms with E-state index >= 15 is 0 Å². The molecule has 0 saturated carbocycles. The van der Waals surface area contributed by atoms with Crippen LogP contribution in [0.2, 0.25) is 0 Å². The molecule has 2 aliphatic rings. The third-order valence-corrected chi connectivity index (χ3v) is 6.93. The highest BCUT2D eigenvalue weighted by Gasteiger charge is 2.68. The second-order valence-corrected chi connectivity index (χ2v) is 9.28. The smallest absolute Gasteiger partial charge is 0.324 e. The van der Waals surface area contributed by atoms with Crippen molar-refractivity contribution in [3.63, 3.8) is 0 Å². The quantitative estimate of drug-likeness (QED) is 0.269. The van der Waals surface area contributed by atoms with Gasteiger partial charge in [-0.1, -0.05) is 29.3 Å². The van der Waals surface area contributed by atoms with Gasteiger partial charge < -0.3 is 20.9 Å². The molecule has 0 bridgehead atoms. The number of halogens is 1. The van der Waals surface area contributed by atoms with Gasteiger partial charge in [0, 0.05) is 29.2 Å². The SMILES string of the molecule is CCCCN1C(=O)C2C(c3cc(Br)ccc3OC)NC(CCCNC(N)=O)(C(=O)O)C2C1=O. The topological polar surface area (TPSA) is 151 Å². The minimum atomic E-state index is -1.68. The van der Waals surface area contributed by atoms with Crippen LogP contribution in [0.4, 0.5) is 4.79 Å². The number of nitrogens with one attached hydrogen (secondary N) is 2. The fraction of sp³-hybridized carbons (Fsp3) is 0.545. The van der Waals surface area contributed by atoms with Gasteiger partial charge in [0.05, 0.1) is 18.9 Å². The summed E-state index contributed by atoms with van der Waals surface area (Å²) in [5.41, 5.74) is 4.02. The van der Waals surface area contributed by atoms with Gasteiger partial charge in [0.2, 0.25) is 11.8 Å². The summed E-state index contributed by atoms with van der Waals surface area (Å²) in [6, 6.07) is 3.82. The van der Waals surface area contributed by atoms with Gasteiger partial charge in [0.15, 0.2) is 0 Å². The standard InChI is InChI=1S/C22H29BrN4O6/c1-3-4-10-27-18(28)15-16(19(27)29)22(20(30)31,8-5-9-25-21(24)32)26-17(15)13-11-12(23)6-7-14(13)33-2/h6-7,11,15-17,26H,3-5,8-10H2,1-2H3,(H,30,31)(H3,24,25,32). The summed E-state index contributed by atoms with van der Waals surface area (Å²) in [7, 11) is 1.49. The van der Waals surface area contributed by atoms with Crippen molar-refractivity contribution >= 4 is 39.7 Å². The monoisotopic (exact) mass is 524 g/mol. The van der Waals surface area contributed by atoms with E-state index in [1.807, 2.05) is 6.92 Å². The Kier molecular flexibility index (Phi) is 7.63. The molecule has 0 aromatic heterocycles. The van der Waals surface area contributed by atoms with E-state index in [1.54, 1.807) is 18.2 Å². The van der Waals surface area contributed by atoms with Gasteiger partial charge in [-0.3, -0.25) is 24.6 Å². The number of urea groups is 1. The number of rotatable bonds is 10. The lowest BCUT2D eigenvalue weighted by Gasteiger charge is -2.31. The molecule has 3 rings (SSSR count). The number of likely N-dealkylation sites (tertiary alicyclic amines) is 1. The molecule has 0 radical (unpaired) electrons. The first-order chi connectivity index (χ1) is 15.7. The minimum absolute atomic E-state index is 0.0250. The summed E-state index contributed by atoms with van der Waals surface area (Å²) in [4.78, 5) is 51.8. The van der Waals surface area contributed by atoms with Gasteiger partial charge >= 0.3 is 12.0 Å². The number of hydrogen-bond acceptors (Lipinski definition) is 6. The second-order valence-electron chi connectivity index (χ2n) is 8.36. The van der Waals surface area contributed by atoms with Gasteiger partial charge in [0.1, 0.15) is 11.3 Å². The highest BCUT2D eigenvalue weighted by Crippen LogP contribution is 2.52. The van der Waals surface area contributed by atoms with E-state index in [-0.39, 0.29) is 31.8 Å². The van der Waals surface area contributed by atoms with Crippen LogP contribution in [0.1, 0.15) is 44.2 Å². The molecule has 2 heterocycles. The van der Waals surface area contributed by atoms with E-state index in [0.29, 0.717) is 17.7 Å². The lowest BCUT2D eigenvalue weighted by Crippen LogP contribution is -2.56. The van der Waals surface area contributed by atoms with Gasteiger partial charge in [0.25, 0.3) is 0 Å². The number of carbonyl (C=O) groups is 4. The number of benzene rings is 1. The Morgan fingerprint density at radius 2 is 2.03 bits per heavy atom. The fourth-order valence-electron chi connectivity index (χ4n) is 4.93. The normalized spacial score (nSPS) is 26.4. The molecule has 5 N–H and O–H groups in total. The maximum absolute atomic E-state index is 13.4. The van der Waals surface area contributed by atoms with E-state index in [1.165, 1.54) is 12.0 Å². The van der Waals surface area contributed by atoms with Crippen LogP contribution >= 0.6 is 15.9 Å². The van der Waals surface area contributed by atoms with Crippen LogP contribution in [0.15, 0.2) is 22.7 Å². The largest absolute Gasteiger partial charge is 0.496 e. The number of hydrogen-bond donors (Lipinski definition) is 4. The Morgan fingerprint density at radius 3 is 2.64 bits per heavy atom. The van der Waals surface area contributed by atoms with Crippen molar-refractivity contribution < 1.29 is 29.0 Å². The summed E-state index contributed by atoms with van der Waals surface area (Å²) >= 11 is 3.43. The maximum atomic E-state index is 13.4. The molecule has 2 aliphatic heterocycles. The van der Waals surface area contributed by atoms with Crippen molar-refractivity contribution in [1.82, 2.24) is 15.5 Å². The van der Waals surface area contributed by atoms with Crippen molar-refractivity contribution in [2.45, 2.75) is 44.2 Å². The predicted molar refractivity (Wildman–Crippen MR) is 122 cm³/mol. The predicted octanol–water partition coefficient (Wildman–Crippen LogP) is 1.78. The molecule has 11 heteroatoms. The Hall–Kier alpha value is -2.66. The molecule has 0 spiro atoms. The third-order valence-electron chi connectivity index (χ3n) is 6.44. The van der Waals surface area contributed by atoms with Crippen LogP contribution < -0.4 is 21.1 Å². The summed E-state index contributed by atoms with van der Waals surface area (Å²) in [5.74, 6) is -3.56. The highest BCUT2D eigenvalue weighted by atomic mass is 79.9. The lowest BCUT2D eigenvalue weighted by molar-refractivity contribution is -0.151. The molecular weight excluding hydrogens is 496 g/mol. The molecule has 1 aromatic rings. The van der Waals surface area contributed by atoms with E-state index in [4.69, 9.17) is 10.5 Å². The molecule has 33 heavy (non-hydrogen) atoms. The number of carboxylic acid groups (broad SMARTS) is 1. The molecule has 2 saturated heterocycles. The van der Waals surface area contributed by atoms with Crippen molar-refractivity contribution in [2.75, 3.05) is 20.2 Å². The zero-order valence-electron chi connectivity index (χ0n) is 18.6. The lowest BCUT2D eigenvalue weighted by atomic mass is 9.77. The van der Waals surface area contributed by atoms with Crippen LogP contribution in [-0.4, -0.2) is 59.6 Å². The first kappa shape index (κ1) is 25.0. The average Bonchev–Trinajstić information content (AvgIpc) is 3.24. The Morgan fingerprint density at radius 1 is 1.30 bits per heavy atom. The number of carbonyl (C=O) groups excluding carboxylic acids is 3. The van der Waals surface area contributed by atoms with Crippen LogP contribution in [0.3, 0.4) is 0 Å². The molecule has 2 fully saturated rings. The van der Waals surface area contributed by atoms with Crippen molar-refractivity contribution in [2.24, 2.45) is 17.6 Å². The fourth-order valence-corrected chi connectivity index (χ4v) is 5.31. The molecule has 1 aromatic carbocycles. The first-order valence-electron chi connectivity index (χ1n) is 10.9. The molecule has 180 valence electrons. The summed E-state index contributed by atoms with van der Waals surface area (Å²) in [6.45, 7) is 2.36. The molecule has 4 unspecified atom stereocenters. The Balaban J connectivity index is 2.07. The number of fused-ring (bicyclic) bond motifs is 1. The number of nitrogens with two attached hydrogens (primary N) is 1. The summed E-state index contributed by atoms with van der Waals surface area (Å²) in [6.07, 6.45) is 1.70. The number of ether oxygens (including phenoxy) is 1. The van der Waals surface area contributed by atoms with E-state index in [9.17, 15) is 24.3 Å². The summed E-state index contributed by atoms with van der Waals surface area (Å²) in [5, 5.41) is 15.9. The number of unbranched alkanes of at least 4 members (excludes halogenated alkanes) is 1. The number of methoxy groups -OCH3 is 1. The Labute approximate surface area is 200 Å². The van der Waals surface area contributed by atoms with E-state index in [0.717, 1.165) is 10.9 Å². The number of carboxylic acids is 1. The average molecular weight is 525 g/mol. The molecule has 4 amide bonds. The number of imide groups is 1. The van der Waals surface area contributed by atoms with Crippen LogP contribution in [0.25, 0.3) is 0 Å².